The van der Waals surface area contributed by atoms with E-state index in [0.29, 0.717) is 38.5 Å². The number of nitrogens with one attached hydrogen (secondary N) is 1. The highest BCUT2D eigenvalue weighted by atomic mass is 32.1. The van der Waals surface area contributed by atoms with Gasteiger partial charge in [-0.25, -0.2) is 14.8 Å². The Balaban J connectivity index is 1.92. The Bertz CT molecular complexity index is 992. The molecule has 1 amide bonds. The van der Waals surface area contributed by atoms with Gasteiger partial charge in [0.25, 0.3) is 5.91 Å². The predicted molar refractivity (Wildman–Crippen MR) is 97.2 cm³/mol. The van der Waals surface area contributed by atoms with Crippen LogP contribution in [0.3, 0.4) is 0 Å². The molecule has 0 aliphatic heterocycles. The SMILES string of the molecule is CCOC(=O)c1sc(NC(=O)c2c(C)nc3c(OC)cccn23)nc1C. The molecule has 0 bridgehead atoms. The Kier molecular flexibility index (Phi) is 4.90. The van der Waals surface area contributed by atoms with Crippen molar-refractivity contribution in [3.8, 4) is 5.75 Å². The first-order valence-electron chi connectivity index (χ1n) is 7.93. The Hall–Kier alpha value is -2.94. The lowest BCUT2D eigenvalue weighted by Gasteiger charge is -2.05. The number of thiazole rings is 1. The third-order valence-corrected chi connectivity index (χ3v) is 4.75. The largest absolute Gasteiger partial charge is 0.493 e. The number of hydrogen-bond acceptors (Lipinski definition) is 7. The Labute approximate surface area is 153 Å². The van der Waals surface area contributed by atoms with E-state index in [1.165, 1.54) is 0 Å². The number of rotatable bonds is 5. The van der Waals surface area contributed by atoms with Crippen LogP contribution in [-0.4, -0.2) is 40.0 Å². The molecule has 0 aliphatic carbocycles. The lowest BCUT2D eigenvalue weighted by atomic mass is 10.3. The number of nitrogens with zero attached hydrogens (tertiary/aromatic N) is 3. The second-order valence-electron chi connectivity index (χ2n) is 5.42. The van der Waals surface area contributed by atoms with Crippen molar-refractivity contribution in [1.82, 2.24) is 14.4 Å². The van der Waals surface area contributed by atoms with Crippen LogP contribution in [0, 0.1) is 13.8 Å². The normalized spacial score (nSPS) is 10.8. The fourth-order valence-electron chi connectivity index (χ4n) is 2.58. The van der Waals surface area contributed by atoms with Gasteiger partial charge >= 0.3 is 5.97 Å². The third kappa shape index (κ3) is 3.13. The number of amides is 1. The number of ether oxygens (including phenoxy) is 2. The van der Waals surface area contributed by atoms with Crippen LogP contribution < -0.4 is 10.1 Å². The monoisotopic (exact) mass is 374 g/mol. The molecule has 3 heterocycles. The molecule has 26 heavy (non-hydrogen) atoms. The number of carbonyl (C=O) groups is 2. The van der Waals surface area contributed by atoms with E-state index in [1.807, 2.05) is 0 Å². The van der Waals surface area contributed by atoms with Crippen LogP contribution in [0.25, 0.3) is 5.65 Å². The molecule has 8 nitrogen and oxygen atoms in total. The van der Waals surface area contributed by atoms with E-state index in [4.69, 9.17) is 9.47 Å². The molecule has 1 N–H and O–H groups in total. The van der Waals surface area contributed by atoms with Crippen LogP contribution in [-0.2, 0) is 4.74 Å². The van der Waals surface area contributed by atoms with E-state index in [0.717, 1.165) is 11.3 Å². The molecule has 3 aromatic heterocycles. The number of aryl methyl sites for hydroxylation is 2. The maximum Gasteiger partial charge on any atom is 0.350 e. The highest BCUT2D eigenvalue weighted by molar-refractivity contribution is 7.17. The zero-order valence-corrected chi connectivity index (χ0v) is 15.6. The molecule has 0 fully saturated rings. The molecular weight excluding hydrogens is 356 g/mol. The minimum Gasteiger partial charge on any atom is -0.493 e. The lowest BCUT2D eigenvalue weighted by Crippen LogP contribution is -2.15. The number of hydrogen-bond donors (Lipinski definition) is 1. The quantitative estimate of drug-likeness (QED) is 0.690. The van der Waals surface area contributed by atoms with E-state index < -0.39 is 5.97 Å². The second kappa shape index (κ2) is 7.12. The number of imidazole rings is 1. The van der Waals surface area contributed by atoms with Gasteiger partial charge in [0.2, 0.25) is 0 Å². The number of anilines is 1. The molecule has 3 rings (SSSR count). The zero-order valence-electron chi connectivity index (χ0n) is 14.8. The summed E-state index contributed by atoms with van der Waals surface area (Å²) in [6.07, 6.45) is 1.74. The van der Waals surface area contributed by atoms with Gasteiger partial charge in [-0.2, -0.15) is 0 Å². The van der Waals surface area contributed by atoms with Crippen molar-refractivity contribution in [3.05, 3.63) is 40.3 Å². The number of methoxy groups -OCH3 is 1. The summed E-state index contributed by atoms with van der Waals surface area (Å²) in [7, 11) is 1.55. The van der Waals surface area contributed by atoms with Gasteiger partial charge < -0.3 is 9.47 Å². The highest BCUT2D eigenvalue weighted by Gasteiger charge is 2.22. The minimum absolute atomic E-state index is 0.278. The first-order valence-corrected chi connectivity index (χ1v) is 8.75. The number of pyridine rings is 1. The van der Waals surface area contributed by atoms with E-state index >= 15 is 0 Å². The molecule has 9 heteroatoms. The summed E-state index contributed by atoms with van der Waals surface area (Å²) in [4.78, 5) is 33.7. The lowest BCUT2D eigenvalue weighted by molar-refractivity contribution is 0.0531. The summed E-state index contributed by atoms with van der Waals surface area (Å²) < 4.78 is 11.9. The highest BCUT2D eigenvalue weighted by Crippen LogP contribution is 2.26. The molecule has 3 aromatic rings. The van der Waals surface area contributed by atoms with Crippen LogP contribution in [0.1, 0.15) is 38.5 Å². The number of carbonyl (C=O) groups excluding carboxylic acids is 2. The van der Waals surface area contributed by atoms with Crippen molar-refractivity contribution in [2.75, 3.05) is 19.0 Å². The van der Waals surface area contributed by atoms with Gasteiger partial charge in [0, 0.05) is 6.20 Å². The van der Waals surface area contributed by atoms with Crippen molar-refractivity contribution in [1.29, 1.82) is 0 Å². The summed E-state index contributed by atoms with van der Waals surface area (Å²) in [6, 6.07) is 3.55. The number of aromatic nitrogens is 3. The molecule has 0 radical (unpaired) electrons. The number of fused-ring (bicyclic) bond motifs is 1. The van der Waals surface area contributed by atoms with E-state index in [1.54, 1.807) is 50.6 Å². The van der Waals surface area contributed by atoms with Crippen LogP contribution in [0.5, 0.6) is 5.75 Å². The number of esters is 1. The molecule has 0 saturated heterocycles. The van der Waals surface area contributed by atoms with Gasteiger partial charge in [0.05, 0.1) is 25.1 Å². The summed E-state index contributed by atoms with van der Waals surface area (Å²) in [6.45, 7) is 5.46. The van der Waals surface area contributed by atoms with Crippen molar-refractivity contribution >= 4 is 34.0 Å². The summed E-state index contributed by atoms with van der Waals surface area (Å²) in [5, 5.41) is 3.06. The average molecular weight is 374 g/mol. The van der Waals surface area contributed by atoms with Crippen molar-refractivity contribution in [2.45, 2.75) is 20.8 Å². The van der Waals surface area contributed by atoms with Gasteiger partial charge in [-0.15, -0.1) is 0 Å². The van der Waals surface area contributed by atoms with Crippen LogP contribution in [0.2, 0.25) is 0 Å². The Morgan fingerprint density at radius 2 is 2.04 bits per heavy atom. The molecule has 0 aliphatic rings. The summed E-state index contributed by atoms with van der Waals surface area (Å²) in [5.74, 6) is -0.240. The van der Waals surface area contributed by atoms with Crippen LogP contribution in [0.4, 0.5) is 5.13 Å². The smallest absolute Gasteiger partial charge is 0.350 e. The predicted octanol–water partition coefficient (Wildman–Crippen LogP) is 2.85. The zero-order chi connectivity index (χ0) is 18.8. The Morgan fingerprint density at radius 3 is 2.73 bits per heavy atom. The fourth-order valence-corrected chi connectivity index (χ4v) is 3.44. The van der Waals surface area contributed by atoms with E-state index in [-0.39, 0.29) is 12.5 Å². The Morgan fingerprint density at radius 1 is 1.27 bits per heavy atom. The second-order valence-corrected chi connectivity index (χ2v) is 6.42. The molecule has 136 valence electrons. The molecule has 0 atom stereocenters. The average Bonchev–Trinajstić information content (AvgIpc) is 3.13. The third-order valence-electron chi connectivity index (χ3n) is 3.70. The van der Waals surface area contributed by atoms with Crippen LogP contribution >= 0.6 is 11.3 Å². The molecule has 0 unspecified atom stereocenters. The van der Waals surface area contributed by atoms with Gasteiger partial charge in [-0.1, -0.05) is 11.3 Å². The maximum absolute atomic E-state index is 12.8. The molecule has 0 saturated carbocycles. The summed E-state index contributed by atoms with van der Waals surface area (Å²) in [5.41, 5.74) is 2.01. The first-order chi connectivity index (χ1) is 12.5. The molecule has 0 aromatic carbocycles. The molecule has 0 spiro atoms. The minimum atomic E-state index is -0.446. The van der Waals surface area contributed by atoms with Gasteiger partial charge in [-0.05, 0) is 32.9 Å². The van der Waals surface area contributed by atoms with Gasteiger partial charge in [-0.3, -0.25) is 14.5 Å². The standard InChI is InChI=1S/C17H18N4O4S/c1-5-25-16(23)13-10(3)19-17(26-13)20-15(22)12-9(2)18-14-11(24-4)7-6-8-21(12)14/h6-8H,5H2,1-4H3,(H,19,20,22). The maximum atomic E-state index is 12.8. The van der Waals surface area contributed by atoms with Gasteiger partial charge in [0.1, 0.15) is 10.6 Å². The fraction of sp³-hybridized carbons (Fsp3) is 0.294. The van der Waals surface area contributed by atoms with Crippen molar-refractivity contribution in [2.24, 2.45) is 0 Å². The molecular formula is C17H18N4O4S. The van der Waals surface area contributed by atoms with E-state index in [9.17, 15) is 9.59 Å². The van der Waals surface area contributed by atoms with Gasteiger partial charge in [0.15, 0.2) is 16.5 Å². The van der Waals surface area contributed by atoms with Crippen LogP contribution in [0.15, 0.2) is 18.3 Å². The first kappa shape index (κ1) is 17.9. The summed E-state index contributed by atoms with van der Waals surface area (Å²) >= 11 is 1.08. The van der Waals surface area contributed by atoms with E-state index in [2.05, 4.69) is 15.3 Å². The van der Waals surface area contributed by atoms with Crippen molar-refractivity contribution in [3.63, 3.8) is 0 Å². The topological polar surface area (TPSA) is 94.8 Å². The van der Waals surface area contributed by atoms with Crippen molar-refractivity contribution < 1.29 is 19.1 Å².